The van der Waals surface area contributed by atoms with Crippen LogP contribution in [0.15, 0.2) is 29.2 Å². The van der Waals surface area contributed by atoms with Gasteiger partial charge in [-0.1, -0.05) is 6.92 Å². The predicted molar refractivity (Wildman–Crippen MR) is 79.3 cm³/mol. The summed E-state index contributed by atoms with van der Waals surface area (Å²) in [4.78, 5) is 12.0. The summed E-state index contributed by atoms with van der Waals surface area (Å²) < 4.78 is 22.6. The molecule has 1 amide bonds. The lowest BCUT2D eigenvalue weighted by molar-refractivity contribution is 0.0952. The number of carbonyl (C=O) groups excluding carboxylic acids is 1. The molecule has 1 aromatic rings. The van der Waals surface area contributed by atoms with Gasteiger partial charge in [-0.2, -0.15) is 0 Å². The fraction of sp³-hybridized carbons (Fsp3) is 0.500. The number of carbonyl (C=O) groups is 1. The van der Waals surface area contributed by atoms with Crippen LogP contribution < -0.4 is 11.1 Å². The van der Waals surface area contributed by atoms with Crippen molar-refractivity contribution in [1.29, 1.82) is 0 Å². The summed E-state index contributed by atoms with van der Waals surface area (Å²) in [6, 6.07) is 5.93. The van der Waals surface area contributed by atoms with Gasteiger partial charge in [0.05, 0.1) is 4.90 Å². The summed E-state index contributed by atoms with van der Waals surface area (Å²) in [6.45, 7) is 3.32. The normalized spacial score (nSPS) is 12.9. The van der Waals surface area contributed by atoms with E-state index in [1.165, 1.54) is 24.3 Å². The molecule has 0 spiro atoms. The SMILES string of the molecule is CC(CN)CCCNC(=O)c1ccc(S(C)(=O)=O)cc1. The van der Waals surface area contributed by atoms with Gasteiger partial charge < -0.3 is 11.1 Å². The number of hydrogen-bond donors (Lipinski definition) is 2. The van der Waals surface area contributed by atoms with Gasteiger partial charge in [-0.05, 0) is 49.6 Å². The van der Waals surface area contributed by atoms with Crippen LogP contribution in [0.1, 0.15) is 30.1 Å². The van der Waals surface area contributed by atoms with E-state index in [0.29, 0.717) is 24.6 Å². The van der Waals surface area contributed by atoms with Gasteiger partial charge >= 0.3 is 0 Å². The van der Waals surface area contributed by atoms with Crippen LogP contribution in [0.5, 0.6) is 0 Å². The fourth-order valence-electron chi connectivity index (χ4n) is 1.73. The molecule has 3 N–H and O–H groups in total. The van der Waals surface area contributed by atoms with Crippen molar-refractivity contribution in [2.24, 2.45) is 11.7 Å². The Kier molecular flexibility index (Phi) is 6.16. The first-order chi connectivity index (χ1) is 9.34. The number of rotatable bonds is 7. The first-order valence-corrected chi connectivity index (χ1v) is 8.52. The highest BCUT2D eigenvalue weighted by molar-refractivity contribution is 7.90. The van der Waals surface area contributed by atoms with Crippen molar-refractivity contribution in [1.82, 2.24) is 5.32 Å². The van der Waals surface area contributed by atoms with E-state index in [9.17, 15) is 13.2 Å². The van der Waals surface area contributed by atoms with Crippen LogP contribution in [0.2, 0.25) is 0 Å². The van der Waals surface area contributed by atoms with Gasteiger partial charge in [0, 0.05) is 18.4 Å². The monoisotopic (exact) mass is 298 g/mol. The van der Waals surface area contributed by atoms with Crippen LogP contribution in [0.3, 0.4) is 0 Å². The van der Waals surface area contributed by atoms with Crippen molar-refractivity contribution >= 4 is 15.7 Å². The van der Waals surface area contributed by atoms with Gasteiger partial charge in [-0.3, -0.25) is 4.79 Å². The maximum absolute atomic E-state index is 11.8. The highest BCUT2D eigenvalue weighted by Crippen LogP contribution is 2.10. The molecule has 0 saturated heterocycles. The smallest absolute Gasteiger partial charge is 0.251 e. The van der Waals surface area contributed by atoms with E-state index in [1.54, 1.807) is 0 Å². The third kappa shape index (κ3) is 5.30. The minimum atomic E-state index is -3.22. The topological polar surface area (TPSA) is 89.3 Å². The Balaban J connectivity index is 2.48. The van der Waals surface area contributed by atoms with Crippen LogP contribution in [0.4, 0.5) is 0 Å². The molecular weight excluding hydrogens is 276 g/mol. The van der Waals surface area contributed by atoms with Crippen molar-refractivity contribution in [3.05, 3.63) is 29.8 Å². The van der Waals surface area contributed by atoms with Crippen molar-refractivity contribution in [2.45, 2.75) is 24.7 Å². The summed E-state index contributed by atoms with van der Waals surface area (Å²) in [5.74, 6) is 0.270. The van der Waals surface area contributed by atoms with Gasteiger partial charge in [0.25, 0.3) is 5.91 Å². The lowest BCUT2D eigenvalue weighted by Crippen LogP contribution is -2.25. The Morgan fingerprint density at radius 2 is 1.90 bits per heavy atom. The highest BCUT2D eigenvalue weighted by atomic mass is 32.2. The molecule has 0 bridgehead atoms. The number of hydrogen-bond acceptors (Lipinski definition) is 4. The van der Waals surface area contributed by atoms with Crippen LogP contribution in [0, 0.1) is 5.92 Å². The summed E-state index contributed by atoms with van der Waals surface area (Å²) in [5.41, 5.74) is 5.98. The second-order valence-electron chi connectivity index (χ2n) is 5.04. The zero-order valence-electron chi connectivity index (χ0n) is 11.9. The van der Waals surface area contributed by atoms with Crippen LogP contribution >= 0.6 is 0 Å². The van der Waals surface area contributed by atoms with Crippen molar-refractivity contribution < 1.29 is 13.2 Å². The van der Waals surface area contributed by atoms with Crippen LogP contribution in [-0.4, -0.2) is 33.7 Å². The fourth-order valence-corrected chi connectivity index (χ4v) is 2.36. The van der Waals surface area contributed by atoms with Gasteiger partial charge in [0.15, 0.2) is 9.84 Å². The molecule has 0 radical (unpaired) electrons. The quantitative estimate of drug-likeness (QED) is 0.740. The third-order valence-corrected chi connectivity index (χ3v) is 4.23. The second kappa shape index (κ2) is 7.40. The van der Waals surface area contributed by atoms with E-state index in [1.807, 2.05) is 0 Å². The second-order valence-corrected chi connectivity index (χ2v) is 7.05. The molecule has 1 unspecified atom stereocenters. The van der Waals surface area contributed by atoms with E-state index >= 15 is 0 Å². The maximum atomic E-state index is 11.8. The minimum absolute atomic E-state index is 0.189. The summed E-state index contributed by atoms with van der Waals surface area (Å²) >= 11 is 0. The van der Waals surface area contributed by atoms with Gasteiger partial charge in [-0.25, -0.2) is 8.42 Å². The predicted octanol–water partition coefficient (Wildman–Crippen LogP) is 1.19. The van der Waals surface area contributed by atoms with Crippen LogP contribution in [-0.2, 0) is 9.84 Å². The number of benzene rings is 1. The Labute approximate surface area is 120 Å². The van der Waals surface area contributed by atoms with Gasteiger partial charge in [-0.15, -0.1) is 0 Å². The van der Waals surface area contributed by atoms with Crippen molar-refractivity contribution in [3.8, 4) is 0 Å². The lowest BCUT2D eigenvalue weighted by Gasteiger charge is -2.09. The summed E-state index contributed by atoms with van der Waals surface area (Å²) in [7, 11) is -3.22. The molecule has 0 aliphatic heterocycles. The zero-order chi connectivity index (χ0) is 15.2. The molecule has 0 saturated carbocycles. The molecular formula is C14H22N2O3S. The Hall–Kier alpha value is -1.40. The lowest BCUT2D eigenvalue weighted by atomic mass is 10.1. The highest BCUT2D eigenvalue weighted by Gasteiger charge is 2.09. The van der Waals surface area contributed by atoms with Crippen molar-refractivity contribution in [3.63, 3.8) is 0 Å². The zero-order valence-corrected chi connectivity index (χ0v) is 12.7. The van der Waals surface area contributed by atoms with E-state index in [0.717, 1.165) is 19.1 Å². The van der Waals surface area contributed by atoms with Crippen LogP contribution in [0.25, 0.3) is 0 Å². The third-order valence-electron chi connectivity index (χ3n) is 3.11. The number of amides is 1. The molecule has 6 heteroatoms. The number of sulfone groups is 1. The molecule has 0 aliphatic rings. The number of nitrogens with one attached hydrogen (secondary N) is 1. The average molecular weight is 298 g/mol. The van der Waals surface area contributed by atoms with E-state index in [-0.39, 0.29) is 10.8 Å². The first kappa shape index (κ1) is 16.7. The average Bonchev–Trinajstić information content (AvgIpc) is 2.42. The molecule has 1 aromatic carbocycles. The molecule has 1 atom stereocenters. The molecule has 1 rings (SSSR count). The molecule has 20 heavy (non-hydrogen) atoms. The maximum Gasteiger partial charge on any atom is 0.251 e. The molecule has 112 valence electrons. The van der Waals surface area contributed by atoms with Gasteiger partial charge in [0.1, 0.15) is 0 Å². The van der Waals surface area contributed by atoms with E-state index in [4.69, 9.17) is 5.73 Å². The molecule has 0 aromatic heterocycles. The van der Waals surface area contributed by atoms with Crippen molar-refractivity contribution in [2.75, 3.05) is 19.3 Å². The van der Waals surface area contributed by atoms with E-state index in [2.05, 4.69) is 12.2 Å². The minimum Gasteiger partial charge on any atom is -0.352 e. The molecule has 0 fully saturated rings. The first-order valence-electron chi connectivity index (χ1n) is 6.63. The Morgan fingerprint density at radius 1 is 1.30 bits per heavy atom. The molecule has 0 aliphatic carbocycles. The molecule has 5 nitrogen and oxygen atoms in total. The standard InChI is InChI=1S/C14H22N2O3S/c1-11(10-15)4-3-9-16-14(17)12-5-7-13(8-6-12)20(2,18)19/h5-8,11H,3-4,9-10,15H2,1-2H3,(H,16,17). The number of nitrogens with two attached hydrogens (primary N) is 1. The largest absolute Gasteiger partial charge is 0.352 e. The van der Waals surface area contributed by atoms with Gasteiger partial charge in [0.2, 0.25) is 0 Å². The van der Waals surface area contributed by atoms with E-state index < -0.39 is 9.84 Å². The summed E-state index contributed by atoms with van der Waals surface area (Å²) in [5, 5.41) is 2.81. The summed E-state index contributed by atoms with van der Waals surface area (Å²) in [6.07, 6.45) is 3.00. The Bertz CT molecular complexity index is 538. The Morgan fingerprint density at radius 3 is 2.40 bits per heavy atom. The molecule has 0 heterocycles.